The number of phenolic OH excluding ortho intramolecular Hbond substituents is 1. The molecule has 0 unspecified atom stereocenters. The molecule has 6 heteroatoms. The number of para-hydroxylation sites is 1. The third kappa shape index (κ3) is 2.93. The van der Waals surface area contributed by atoms with Crippen LogP contribution in [0.4, 0.5) is 5.13 Å². The zero-order valence-corrected chi connectivity index (χ0v) is 15.8. The molecule has 132 valence electrons. The maximum absolute atomic E-state index is 10.9. The van der Waals surface area contributed by atoms with E-state index in [-0.39, 0.29) is 11.8 Å². The molecule has 0 spiro atoms. The summed E-state index contributed by atoms with van der Waals surface area (Å²) in [6, 6.07) is 19.8. The monoisotopic (exact) mass is 389 g/mol. The van der Waals surface area contributed by atoms with E-state index in [2.05, 4.69) is 22.4 Å². The summed E-state index contributed by atoms with van der Waals surface area (Å²) < 4.78 is 1.13. The maximum atomic E-state index is 10.9. The fraction of sp³-hybridized carbons (Fsp3) is 0.0476. The van der Waals surface area contributed by atoms with Crippen LogP contribution in [0.3, 0.4) is 0 Å². The molecule has 1 atom stereocenters. The quantitative estimate of drug-likeness (QED) is 0.407. The first-order valence-corrected chi connectivity index (χ1v) is 10.2. The molecule has 2 N–H and O–H groups in total. The second kappa shape index (κ2) is 6.64. The highest BCUT2D eigenvalue weighted by molar-refractivity contribution is 7.22. The Kier molecular flexibility index (Phi) is 3.99. The molecule has 0 radical (unpaired) electrons. The molecule has 0 aliphatic rings. The van der Waals surface area contributed by atoms with Crippen molar-refractivity contribution in [1.82, 2.24) is 9.97 Å². The van der Waals surface area contributed by atoms with E-state index in [1.165, 1.54) is 0 Å². The van der Waals surface area contributed by atoms with Gasteiger partial charge < -0.3 is 10.4 Å². The van der Waals surface area contributed by atoms with Gasteiger partial charge in [0.25, 0.3) is 0 Å². The van der Waals surface area contributed by atoms with Crippen molar-refractivity contribution in [2.75, 3.05) is 5.32 Å². The number of aromatic hydroxyl groups is 1. The molecule has 4 nitrogen and oxygen atoms in total. The number of pyridine rings is 1. The van der Waals surface area contributed by atoms with Gasteiger partial charge in [-0.15, -0.1) is 11.3 Å². The minimum atomic E-state index is -0.197. The van der Waals surface area contributed by atoms with Gasteiger partial charge in [0.05, 0.1) is 16.3 Å². The SMILES string of the molecule is Oc1c([C@H](Nc2nc3ccccc3s2)c2cccs2)ccc2cccnc12. The van der Waals surface area contributed by atoms with Crippen LogP contribution in [-0.4, -0.2) is 15.1 Å². The first-order valence-electron chi connectivity index (χ1n) is 8.52. The Bertz CT molecular complexity index is 1200. The van der Waals surface area contributed by atoms with Gasteiger partial charge in [-0.05, 0) is 29.6 Å². The third-order valence-corrected chi connectivity index (χ3v) is 6.38. The van der Waals surface area contributed by atoms with Crippen LogP contribution in [0.2, 0.25) is 0 Å². The molecule has 3 heterocycles. The van der Waals surface area contributed by atoms with Crippen molar-refractivity contribution in [3.8, 4) is 5.75 Å². The number of anilines is 1. The third-order valence-electron chi connectivity index (χ3n) is 4.48. The predicted molar refractivity (Wildman–Crippen MR) is 113 cm³/mol. The van der Waals surface area contributed by atoms with Crippen LogP contribution >= 0.6 is 22.7 Å². The van der Waals surface area contributed by atoms with Gasteiger partial charge >= 0.3 is 0 Å². The largest absolute Gasteiger partial charge is 0.505 e. The van der Waals surface area contributed by atoms with Gasteiger partial charge in [0.2, 0.25) is 0 Å². The Morgan fingerprint density at radius 1 is 0.963 bits per heavy atom. The second-order valence-corrected chi connectivity index (χ2v) is 8.17. The van der Waals surface area contributed by atoms with E-state index < -0.39 is 0 Å². The van der Waals surface area contributed by atoms with Crippen LogP contribution in [0.15, 0.2) is 72.2 Å². The number of benzene rings is 2. The fourth-order valence-electron chi connectivity index (χ4n) is 3.19. The highest BCUT2D eigenvalue weighted by atomic mass is 32.1. The molecule has 0 saturated heterocycles. The summed E-state index contributed by atoms with van der Waals surface area (Å²) in [5, 5.41) is 18.2. The summed E-state index contributed by atoms with van der Waals surface area (Å²) in [5.74, 6) is 0.208. The van der Waals surface area contributed by atoms with Gasteiger partial charge in [0.15, 0.2) is 5.13 Å². The molecular weight excluding hydrogens is 374 g/mol. The Morgan fingerprint density at radius 3 is 2.74 bits per heavy atom. The van der Waals surface area contributed by atoms with Gasteiger partial charge in [-0.1, -0.05) is 47.7 Å². The van der Waals surface area contributed by atoms with Crippen LogP contribution in [0, 0.1) is 0 Å². The number of fused-ring (bicyclic) bond motifs is 2. The molecule has 27 heavy (non-hydrogen) atoms. The lowest BCUT2D eigenvalue weighted by atomic mass is 10.0. The van der Waals surface area contributed by atoms with Crippen molar-refractivity contribution < 1.29 is 5.11 Å². The van der Waals surface area contributed by atoms with Gasteiger partial charge in [-0.2, -0.15) is 0 Å². The molecule has 5 aromatic rings. The number of thiophene rings is 1. The van der Waals surface area contributed by atoms with Gasteiger partial charge in [0.1, 0.15) is 11.3 Å². The molecule has 0 aliphatic carbocycles. The smallest absolute Gasteiger partial charge is 0.184 e. The average Bonchev–Trinajstić information content (AvgIpc) is 3.36. The number of nitrogens with zero attached hydrogens (tertiary/aromatic N) is 2. The van der Waals surface area contributed by atoms with Crippen molar-refractivity contribution >= 4 is 48.9 Å². The second-order valence-electron chi connectivity index (χ2n) is 6.16. The molecular formula is C21H15N3OS2. The molecule has 0 amide bonds. The Balaban J connectivity index is 1.62. The van der Waals surface area contributed by atoms with E-state index in [0.717, 1.165) is 31.2 Å². The molecule has 5 rings (SSSR count). The lowest BCUT2D eigenvalue weighted by Crippen LogP contribution is -2.11. The molecule has 0 saturated carbocycles. The highest BCUT2D eigenvalue weighted by Crippen LogP contribution is 2.39. The molecule has 2 aromatic carbocycles. The maximum Gasteiger partial charge on any atom is 0.184 e. The van der Waals surface area contributed by atoms with Gasteiger partial charge in [0, 0.05) is 22.0 Å². The topological polar surface area (TPSA) is 58.0 Å². The van der Waals surface area contributed by atoms with Gasteiger partial charge in [-0.3, -0.25) is 4.98 Å². The lowest BCUT2D eigenvalue weighted by molar-refractivity contribution is 0.472. The van der Waals surface area contributed by atoms with Crippen LogP contribution in [0.1, 0.15) is 16.5 Å². The van der Waals surface area contributed by atoms with E-state index in [0.29, 0.717) is 5.52 Å². The zero-order chi connectivity index (χ0) is 18.2. The summed E-state index contributed by atoms with van der Waals surface area (Å²) in [4.78, 5) is 10.2. The molecule has 0 aliphatic heterocycles. The van der Waals surface area contributed by atoms with Crippen LogP contribution in [0.5, 0.6) is 5.75 Å². The van der Waals surface area contributed by atoms with Crippen LogP contribution < -0.4 is 5.32 Å². The normalized spacial score (nSPS) is 12.4. The van der Waals surface area contributed by atoms with Crippen molar-refractivity contribution in [2.24, 2.45) is 0 Å². The standard InChI is InChI=1S/C21H15N3OS2/c25-20-14(10-9-13-5-3-11-22-18(13)20)19(17-8-4-12-26-17)24-21-23-15-6-1-2-7-16(15)27-21/h1-12,19,25H,(H,23,24)/t19-/m0/s1. The number of aromatic nitrogens is 2. The van der Waals surface area contributed by atoms with Crippen LogP contribution in [-0.2, 0) is 0 Å². The van der Waals surface area contributed by atoms with Crippen molar-refractivity contribution in [2.45, 2.75) is 6.04 Å². The minimum Gasteiger partial charge on any atom is -0.505 e. The van der Waals surface area contributed by atoms with Crippen molar-refractivity contribution in [3.05, 3.63) is 82.7 Å². The first kappa shape index (κ1) is 16.2. The van der Waals surface area contributed by atoms with Crippen molar-refractivity contribution in [1.29, 1.82) is 0 Å². The summed E-state index contributed by atoms with van der Waals surface area (Å²) in [7, 11) is 0. The number of phenols is 1. The predicted octanol–water partition coefficient (Wildman–Crippen LogP) is 5.81. The average molecular weight is 390 g/mol. The highest BCUT2D eigenvalue weighted by Gasteiger charge is 2.22. The van der Waals surface area contributed by atoms with E-state index in [1.807, 2.05) is 53.9 Å². The summed E-state index contributed by atoms with van der Waals surface area (Å²) >= 11 is 3.26. The molecule has 0 bridgehead atoms. The molecule has 3 aromatic heterocycles. The van der Waals surface area contributed by atoms with Gasteiger partial charge in [-0.25, -0.2) is 4.98 Å². The van der Waals surface area contributed by atoms with Crippen molar-refractivity contribution in [3.63, 3.8) is 0 Å². The Hall–Kier alpha value is -2.96. The molecule has 0 fully saturated rings. The van der Waals surface area contributed by atoms with E-state index in [1.54, 1.807) is 28.9 Å². The van der Waals surface area contributed by atoms with E-state index in [4.69, 9.17) is 4.98 Å². The minimum absolute atomic E-state index is 0.197. The summed E-state index contributed by atoms with van der Waals surface area (Å²) in [6.07, 6.45) is 1.70. The van der Waals surface area contributed by atoms with E-state index >= 15 is 0 Å². The summed E-state index contributed by atoms with van der Waals surface area (Å²) in [6.45, 7) is 0. The number of rotatable bonds is 4. The zero-order valence-electron chi connectivity index (χ0n) is 14.2. The Morgan fingerprint density at radius 2 is 1.89 bits per heavy atom. The number of hydrogen-bond acceptors (Lipinski definition) is 6. The fourth-order valence-corrected chi connectivity index (χ4v) is 4.88. The lowest BCUT2D eigenvalue weighted by Gasteiger charge is -2.19. The van der Waals surface area contributed by atoms with Crippen LogP contribution in [0.25, 0.3) is 21.1 Å². The number of nitrogens with one attached hydrogen (secondary N) is 1. The number of hydrogen-bond donors (Lipinski definition) is 2. The summed E-state index contributed by atoms with van der Waals surface area (Å²) in [5.41, 5.74) is 2.38. The van der Waals surface area contributed by atoms with E-state index in [9.17, 15) is 5.11 Å². The number of thiazole rings is 1. The Labute approximate surface area is 163 Å². The first-order chi connectivity index (χ1) is 13.3.